The highest BCUT2D eigenvalue weighted by molar-refractivity contribution is 9.10. The van der Waals surface area contributed by atoms with Gasteiger partial charge in [0.25, 0.3) is 0 Å². The highest BCUT2D eigenvalue weighted by Crippen LogP contribution is 2.23. The maximum atomic E-state index is 13.6. The first-order chi connectivity index (χ1) is 8.56. The molecule has 0 aliphatic heterocycles. The monoisotopic (exact) mass is 327 g/mol. The van der Waals surface area contributed by atoms with Gasteiger partial charge in [-0.1, -0.05) is 39.7 Å². The topological polar surface area (TPSA) is 26.0 Å². The van der Waals surface area contributed by atoms with Crippen molar-refractivity contribution >= 4 is 27.5 Å². The van der Waals surface area contributed by atoms with Crippen LogP contribution in [0.15, 0.2) is 46.9 Å². The van der Waals surface area contributed by atoms with Gasteiger partial charge in [-0.05, 0) is 47.9 Å². The van der Waals surface area contributed by atoms with Crippen LogP contribution in [0.4, 0.5) is 4.39 Å². The van der Waals surface area contributed by atoms with Crippen LogP contribution >= 0.6 is 27.5 Å². The van der Waals surface area contributed by atoms with Crippen LogP contribution in [0.2, 0.25) is 5.02 Å². The molecule has 0 saturated carbocycles. The molecule has 1 unspecified atom stereocenters. The van der Waals surface area contributed by atoms with E-state index in [9.17, 15) is 4.39 Å². The van der Waals surface area contributed by atoms with Crippen molar-refractivity contribution in [3.8, 4) is 0 Å². The summed E-state index contributed by atoms with van der Waals surface area (Å²) in [7, 11) is 0. The molecule has 0 aromatic heterocycles. The van der Waals surface area contributed by atoms with Crippen LogP contribution in [0.1, 0.15) is 17.2 Å². The Morgan fingerprint density at radius 2 is 2.00 bits per heavy atom. The Morgan fingerprint density at radius 3 is 2.72 bits per heavy atom. The Hall–Kier alpha value is -0.900. The summed E-state index contributed by atoms with van der Waals surface area (Å²) in [6, 6.07) is 12.0. The Balaban J connectivity index is 2.21. The van der Waals surface area contributed by atoms with Crippen molar-refractivity contribution in [2.24, 2.45) is 5.73 Å². The minimum Gasteiger partial charge on any atom is -0.324 e. The summed E-state index contributed by atoms with van der Waals surface area (Å²) in [6.45, 7) is 0. The molecule has 2 N–H and O–H groups in total. The zero-order valence-corrected chi connectivity index (χ0v) is 11.9. The van der Waals surface area contributed by atoms with Gasteiger partial charge in [-0.3, -0.25) is 0 Å². The molecule has 2 aromatic carbocycles. The van der Waals surface area contributed by atoms with Crippen molar-refractivity contribution in [2.45, 2.75) is 12.5 Å². The van der Waals surface area contributed by atoms with Gasteiger partial charge in [-0.15, -0.1) is 0 Å². The van der Waals surface area contributed by atoms with E-state index < -0.39 is 0 Å². The standard InChI is InChI=1S/C14H12BrClFN/c15-11-3-1-2-9(6-11)14(18)8-10-7-12(16)4-5-13(10)17/h1-7,14H,8,18H2. The average Bonchev–Trinajstić information content (AvgIpc) is 2.34. The third-order valence-electron chi connectivity index (χ3n) is 2.72. The van der Waals surface area contributed by atoms with Gasteiger partial charge in [0.2, 0.25) is 0 Å². The fourth-order valence-electron chi connectivity index (χ4n) is 1.79. The first-order valence-electron chi connectivity index (χ1n) is 5.51. The second-order valence-corrected chi connectivity index (χ2v) is 5.45. The molecule has 94 valence electrons. The molecule has 0 spiro atoms. The van der Waals surface area contributed by atoms with Crippen LogP contribution in [-0.2, 0) is 6.42 Å². The fourth-order valence-corrected chi connectivity index (χ4v) is 2.40. The Morgan fingerprint density at radius 1 is 1.22 bits per heavy atom. The van der Waals surface area contributed by atoms with Gasteiger partial charge in [0.05, 0.1) is 0 Å². The Kier molecular flexibility index (Phi) is 4.38. The van der Waals surface area contributed by atoms with Crippen molar-refractivity contribution in [3.05, 3.63) is 68.9 Å². The minimum atomic E-state index is -0.273. The van der Waals surface area contributed by atoms with E-state index >= 15 is 0 Å². The largest absolute Gasteiger partial charge is 0.324 e. The maximum Gasteiger partial charge on any atom is 0.126 e. The number of rotatable bonds is 3. The molecule has 18 heavy (non-hydrogen) atoms. The van der Waals surface area contributed by atoms with Gasteiger partial charge in [0, 0.05) is 15.5 Å². The van der Waals surface area contributed by atoms with Gasteiger partial charge in [0.15, 0.2) is 0 Å². The van der Waals surface area contributed by atoms with Gasteiger partial charge in [0.1, 0.15) is 5.82 Å². The minimum absolute atomic E-state index is 0.254. The summed E-state index contributed by atoms with van der Waals surface area (Å²) in [5, 5.41) is 0.521. The zero-order valence-electron chi connectivity index (χ0n) is 9.54. The third kappa shape index (κ3) is 3.31. The Labute approximate surface area is 119 Å². The smallest absolute Gasteiger partial charge is 0.126 e. The quantitative estimate of drug-likeness (QED) is 0.883. The molecule has 0 fully saturated rings. The molecule has 0 heterocycles. The molecule has 0 radical (unpaired) electrons. The van der Waals surface area contributed by atoms with Crippen molar-refractivity contribution in [1.82, 2.24) is 0 Å². The summed E-state index contributed by atoms with van der Waals surface area (Å²) in [5.74, 6) is -0.273. The maximum absolute atomic E-state index is 13.6. The van der Waals surface area contributed by atoms with Crippen LogP contribution < -0.4 is 5.73 Å². The molecular weight excluding hydrogens is 317 g/mol. The molecule has 1 nitrogen and oxygen atoms in total. The van der Waals surface area contributed by atoms with Crippen LogP contribution in [0.5, 0.6) is 0 Å². The SMILES string of the molecule is NC(Cc1cc(Cl)ccc1F)c1cccc(Br)c1. The van der Waals surface area contributed by atoms with Crippen molar-refractivity contribution in [3.63, 3.8) is 0 Å². The molecule has 2 rings (SSSR count). The van der Waals surface area contributed by atoms with Crippen LogP contribution in [0.25, 0.3) is 0 Å². The highest BCUT2D eigenvalue weighted by atomic mass is 79.9. The molecule has 0 aliphatic carbocycles. The van der Waals surface area contributed by atoms with E-state index in [2.05, 4.69) is 15.9 Å². The third-order valence-corrected chi connectivity index (χ3v) is 3.45. The molecule has 0 saturated heterocycles. The number of nitrogens with two attached hydrogens (primary N) is 1. The first kappa shape index (κ1) is 13.5. The molecule has 1 atom stereocenters. The van der Waals surface area contributed by atoms with Gasteiger partial charge < -0.3 is 5.73 Å². The van der Waals surface area contributed by atoms with Crippen molar-refractivity contribution in [1.29, 1.82) is 0 Å². The van der Waals surface area contributed by atoms with Crippen LogP contribution in [-0.4, -0.2) is 0 Å². The predicted octanol–water partition coefficient (Wildman–Crippen LogP) is 4.48. The normalized spacial score (nSPS) is 12.4. The molecule has 0 aliphatic rings. The van der Waals surface area contributed by atoms with Crippen LogP contribution in [0.3, 0.4) is 0 Å². The zero-order chi connectivity index (χ0) is 13.1. The lowest BCUT2D eigenvalue weighted by Crippen LogP contribution is -2.14. The van der Waals surface area contributed by atoms with E-state index in [1.54, 1.807) is 6.07 Å². The van der Waals surface area contributed by atoms with Crippen molar-refractivity contribution in [2.75, 3.05) is 0 Å². The number of halogens is 3. The summed E-state index contributed by atoms with van der Waals surface area (Å²) < 4.78 is 14.6. The summed E-state index contributed by atoms with van der Waals surface area (Å²) in [6.07, 6.45) is 0.419. The predicted molar refractivity (Wildman–Crippen MR) is 76.2 cm³/mol. The molecule has 0 bridgehead atoms. The van der Waals surface area contributed by atoms with Crippen molar-refractivity contribution < 1.29 is 4.39 Å². The Bertz CT molecular complexity index is 559. The highest BCUT2D eigenvalue weighted by Gasteiger charge is 2.11. The van der Waals surface area contributed by atoms with Gasteiger partial charge >= 0.3 is 0 Å². The molecule has 2 aromatic rings. The van der Waals surface area contributed by atoms with E-state index in [-0.39, 0.29) is 11.9 Å². The van der Waals surface area contributed by atoms with E-state index in [4.69, 9.17) is 17.3 Å². The van der Waals surface area contributed by atoms with E-state index in [1.807, 2.05) is 24.3 Å². The molecule has 4 heteroatoms. The van der Waals surface area contributed by atoms with Gasteiger partial charge in [-0.2, -0.15) is 0 Å². The number of hydrogen-bond acceptors (Lipinski definition) is 1. The summed E-state index contributed by atoms with van der Waals surface area (Å²) >= 11 is 9.25. The van der Waals surface area contributed by atoms with E-state index in [0.29, 0.717) is 17.0 Å². The summed E-state index contributed by atoms with van der Waals surface area (Å²) in [4.78, 5) is 0. The van der Waals surface area contributed by atoms with Crippen LogP contribution in [0, 0.1) is 5.82 Å². The lowest BCUT2D eigenvalue weighted by Gasteiger charge is -2.13. The number of hydrogen-bond donors (Lipinski definition) is 1. The second kappa shape index (κ2) is 5.83. The fraction of sp³-hybridized carbons (Fsp3) is 0.143. The molecular formula is C14H12BrClFN. The lowest BCUT2D eigenvalue weighted by atomic mass is 9.99. The average molecular weight is 329 g/mol. The first-order valence-corrected chi connectivity index (χ1v) is 6.68. The van der Waals surface area contributed by atoms with E-state index in [0.717, 1.165) is 10.0 Å². The lowest BCUT2D eigenvalue weighted by molar-refractivity contribution is 0.593. The summed E-state index contributed by atoms with van der Waals surface area (Å²) in [5.41, 5.74) is 7.58. The van der Waals surface area contributed by atoms with Gasteiger partial charge in [-0.25, -0.2) is 4.39 Å². The van der Waals surface area contributed by atoms with E-state index in [1.165, 1.54) is 12.1 Å². The molecule has 0 amide bonds. The second-order valence-electron chi connectivity index (χ2n) is 4.10. The number of benzene rings is 2.